The first kappa shape index (κ1) is 32.5. The maximum Gasteiger partial charge on any atom is 0.263 e. The number of sulfonamides is 1. The van der Waals surface area contributed by atoms with Gasteiger partial charge in [-0.25, -0.2) is 18.4 Å². The van der Waals surface area contributed by atoms with Gasteiger partial charge in [0.2, 0.25) is 5.91 Å². The number of aromatic nitrogens is 2. The molecule has 1 amide bonds. The largest absolute Gasteiger partial charge is 0.508 e. The molecule has 0 saturated carbocycles. The molecule has 44 heavy (non-hydrogen) atoms. The molecule has 0 bridgehead atoms. The Labute approximate surface area is 258 Å². The normalized spacial score (nSPS) is 14.2. The highest BCUT2D eigenvalue weighted by atomic mass is 32.2. The number of rotatable bonds is 10. The van der Waals surface area contributed by atoms with Crippen molar-refractivity contribution < 1.29 is 23.1 Å². The predicted octanol–water partition coefficient (Wildman–Crippen LogP) is 4.49. The average Bonchev–Trinajstić information content (AvgIpc) is 2.97. The molecule has 4 N–H and O–H groups in total. The van der Waals surface area contributed by atoms with E-state index in [4.69, 9.17) is 4.74 Å². The van der Waals surface area contributed by atoms with Gasteiger partial charge >= 0.3 is 0 Å². The molecule has 234 valence electrons. The predicted molar refractivity (Wildman–Crippen MR) is 173 cm³/mol. The number of nitrogens with zero attached hydrogens (tertiary/aromatic N) is 4. The molecule has 0 atom stereocenters. The van der Waals surface area contributed by atoms with Gasteiger partial charge in [0, 0.05) is 61.8 Å². The van der Waals surface area contributed by atoms with Crippen LogP contribution in [0.1, 0.15) is 21.3 Å². The number of amides is 1. The summed E-state index contributed by atoms with van der Waals surface area (Å²) in [6.07, 6.45) is 0. The lowest BCUT2D eigenvalue weighted by Gasteiger charge is -2.36. The van der Waals surface area contributed by atoms with E-state index in [9.17, 15) is 18.3 Å². The maximum atomic E-state index is 13.5. The number of carbonyl (C=O) groups excluding carboxylic acids is 1. The van der Waals surface area contributed by atoms with Gasteiger partial charge in [-0.05, 0) is 44.2 Å². The van der Waals surface area contributed by atoms with E-state index in [1.807, 2.05) is 0 Å². The van der Waals surface area contributed by atoms with E-state index < -0.39 is 10.0 Å². The van der Waals surface area contributed by atoms with Crippen molar-refractivity contribution in [2.24, 2.45) is 0 Å². The molecule has 13 heteroatoms. The molecule has 4 aromatic rings. The van der Waals surface area contributed by atoms with Crippen LogP contribution in [-0.2, 0) is 14.8 Å². The third-order valence-electron chi connectivity index (χ3n) is 7.12. The van der Waals surface area contributed by atoms with Gasteiger partial charge in [-0.3, -0.25) is 19.3 Å². The third kappa shape index (κ3) is 7.92. The minimum Gasteiger partial charge on any atom is -0.508 e. The molecule has 0 unspecified atom stereocenters. The summed E-state index contributed by atoms with van der Waals surface area (Å²) in [5, 5.41) is 15.9. The van der Waals surface area contributed by atoms with Crippen molar-refractivity contribution in [2.75, 3.05) is 55.2 Å². The van der Waals surface area contributed by atoms with Crippen LogP contribution in [0.4, 0.5) is 23.0 Å². The number of piperazine rings is 1. The van der Waals surface area contributed by atoms with Crippen LogP contribution < -0.4 is 20.1 Å². The molecule has 1 aliphatic heterocycles. The molecule has 1 aromatic heterocycles. The molecule has 0 spiro atoms. The Morgan fingerprint density at radius 2 is 1.61 bits per heavy atom. The van der Waals surface area contributed by atoms with Crippen LogP contribution in [-0.4, -0.2) is 85.1 Å². The van der Waals surface area contributed by atoms with Crippen molar-refractivity contribution in [1.82, 2.24) is 19.8 Å². The lowest BCUT2D eigenvalue weighted by molar-refractivity contribution is -0.117. The fourth-order valence-electron chi connectivity index (χ4n) is 4.84. The number of fused-ring (bicyclic) bond motifs is 1. The van der Waals surface area contributed by atoms with E-state index in [1.165, 1.54) is 31.4 Å². The number of methoxy groups -OCH3 is 1. The van der Waals surface area contributed by atoms with Crippen LogP contribution in [0.5, 0.6) is 11.5 Å². The van der Waals surface area contributed by atoms with E-state index in [0.717, 1.165) is 26.2 Å². The van der Waals surface area contributed by atoms with Gasteiger partial charge in [-0.1, -0.05) is 25.6 Å². The Kier molecular flexibility index (Phi) is 10.2. The van der Waals surface area contributed by atoms with Crippen molar-refractivity contribution in [3.8, 4) is 11.5 Å². The number of hydrogen-bond donors (Lipinski definition) is 4. The second kappa shape index (κ2) is 13.9. The molecule has 3 aromatic carbocycles. The number of carbonyl (C=O) groups is 1. The van der Waals surface area contributed by atoms with E-state index in [-0.39, 0.29) is 42.2 Å². The molecule has 0 aliphatic carbocycles. The van der Waals surface area contributed by atoms with Crippen LogP contribution >= 0.6 is 0 Å². The number of phenolic OH excluding ortho intramolecular Hbond substituents is 1. The zero-order valence-corrected chi connectivity index (χ0v) is 25.1. The second-order valence-corrected chi connectivity index (χ2v) is 12.2. The van der Waals surface area contributed by atoms with Crippen LogP contribution in [0, 0.1) is 0 Å². The van der Waals surface area contributed by atoms with Gasteiger partial charge in [0.1, 0.15) is 11.5 Å². The summed E-state index contributed by atoms with van der Waals surface area (Å²) in [6, 6.07) is 18.1. The summed E-state index contributed by atoms with van der Waals surface area (Å²) in [5.74, 6) is 0.214. The highest BCUT2D eigenvalue weighted by Crippen LogP contribution is 2.31. The highest BCUT2D eigenvalue weighted by Gasteiger charge is 2.22. The van der Waals surface area contributed by atoms with Crippen LogP contribution in [0.2, 0.25) is 0 Å². The van der Waals surface area contributed by atoms with Gasteiger partial charge in [-0.15, -0.1) is 0 Å². The first-order chi connectivity index (χ1) is 20.6. The van der Waals surface area contributed by atoms with Crippen LogP contribution in [0.15, 0.2) is 71.6 Å². The zero-order valence-electron chi connectivity index (χ0n) is 24.2. The molecule has 5 rings (SSSR count). The van der Waals surface area contributed by atoms with Gasteiger partial charge in [0.25, 0.3) is 10.0 Å². The third-order valence-corrected chi connectivity index (χ3v) is 8.46. The number of aromatic hydroxyl groups is 1. The lowest BCUT2D eigenvalue weighted by Crippen LogP contribution is -2.50. The van der Waals surface area contributed by atoms with Crippen LogP contribution in [0.25, 0.3) is 11.0 Å². The van der Waals surface area contributed by atoms with Crippen molar-refractivity contribution in [3.63, 3.8) is 0 Å². The molecule has 1 aliphatic rings. The standard InChI is InChI=1S/C30H35N7O5S.CH4/c1-20(2)37-13-11-36(12-14-37)19-28(39)31-21-7-6-8-25(17-21)43(40,41)35-30-29(33-26-9-4-5-10-27(26)34-30)32-22-15-23(38)18-24(16-22)42-3;/h4-10,15-18,20,38H,11-14,19H2,1-3H3,(H,31,39)(H,32,33)(H,34,35);1H4. The van der Waals surface area contributed by atoms with Gasteiger partial charge in [-0.2, -0.15) is 0 Å². The molecule has 0 radical (unpaired) electrons. The van der Waals surface area contributed by atoms with Crippen molar-refractivity contribution in [2.45, 2.75) is 32.2 Å². The first-order valence-corrected chi connectivity index (χ1v) is 15.4. The van der Waals surface area contributed by atoms with E-state index in [1.54, 1.807) is 42.5 Å². The fourth-order valence-corrected chi connectivity index (χ4v) is 5.89. The Hall–Kier alpha value is -4.46. The number of hydrogen-bond acceptors (Lipinski definition) is 10. The number of ether oxygens (including phenoxy) is 1. The highest BCUT2D eigenvalue weighted by molar-refractivity contribution is 7.92. The number of para-hydroxylation sites is 2. The van der Waals surface area contributed by atoms with Gasteiger partial charge in [0.05, 0.1) is 29.6 Å². The summed E-state index contributed by atoms with van der Waals surface area (Å²) < 4.78 is 34.8. The number of benzene rings is 3. The SMILES string of the molecule is C.COc1cc(O)cc(Nc2nc3ccccc3nc2NS(=O)(=O)c2cccc(NC(=O)CN3CCN(C(C)C)CC3)c2)c1. The van der Waals surface area contributed by atoms with E-state index >= 15 is 0 Å². The fraction of sp³-hybridized carbons (Fsp3) is 0.323. The van der Waals surface area contributed by atoms with E-state index in [2.05, 4.69) is 49.0 Å². The Morgan fingerprint density at radius 1 is 0.932 bits per heavy atom. The van der Waals surface area contributed by atoms with Crippen molar-refractivity contribution in [3.05, 3.63) is 66.7 Å². The molecule has 12 nitrogen and oxygen atoms in total. The quantitative estimate of drug-likeness (QED) is 0.200. The molecule has 2 heterocycles. The summed E-state index contributed by atoms with van der Waals surface area (Å²) >= 11 is 0. The minimum absolute atomic E-state index is 0. The summed E-state index contributed by atoms with van der Waals surface area (Å²) in [7, 11) is -2.68. The van der Waals surface area contributed by atoms with Crippen molar-refractivity contribution >= 4 is 50.0 Å². The maximum absolute atomic E-state index is 13.5. The van der Waals surface area contributed by atoms with Gasteiger partial charge in [0.15, 0.2) is 11.6 Å². The number of phenols is 1. The molecular weight excluding hydrogens is 582 g/mol. The summed E-state index contributed by atoms with van der Waals surface area (Å²) in [5.41, 5.74) is 1.80. The molecular formula is C31H39N7O5S. The Morgan fingerprint density at radius 3 is 2.27 bits per heavy atom. The topological polar surface area (TPSA) is 149 Å². The Balaban J connectivity index is 0.00000442. The second-order valence-electron chi connectivity index (χ2n) is 10.5. The van der Waals surface area contributed by atoms with E-state index in [0.29, 0.717) is 34.2 Å². The first-order valence-electron chi connectivity index (χ1n) is 13.9. The van der Waals surface area contributed by atoms with Crippen LogP contribution in [0.3, 0.4) is 0 Å². The monoisotopic (exact) mass is 621 g/mol. The molecule has 1 saturated heterocycles. The lowest BCUT2D eigenvalue weighted by atomic mass is 10.2. The smallest absolute Gasteiger partial charge is 0.263 e. The Bertz CT molecular complexity index is 1720. The number of anilines is 4. The number of nitrogens with one attached hydrogen (secondary N) is 3. The van der Waals surface area contributed by atoms with Crippen molar-refractivity contribution in [1.29, 1.82) is 0 Å². The zero-order chi connectivity index (χ0) is 30.6. The van der Waals surface area contributed by atoms with Gasteiger partial charge < -0.3 is 20.5 Å². The minimum atomic E-state index is -4.15. The average molecular weight is 622 g/mol. The summed E-state index contributed by atoms with van der Waals surface area (Å²) in [4.78, 5) is 26.3. The summed E-state index contributed by atoms with van der Waals surface area (Å²) in [6.45, 7) is 7.94. The molecule has 1 fully saturated rings.